The summed E-state index contributed by atoms with van der Waals surface area (Å²) in [6.45, 7) is 3.79. The molecule has 0 bridgehead atoms. The average molecular weight is 384 g/mol. The van der Waals surface area contributed by atoms with Gasteiger partial charge < -0.3 is 4.74 Å². The van der Waals surface area contributed by atoms with E-state index in [9.17, 15) is 8.42 Å². The number of rotatable bonds is 6. The van der Waals surface area contributed by atoms with Crippen molar-refractivity contribution in [2.75, 3.05) is 7.11 Å². The summed E-state index contributed by atoms with van der Waals surface area (Å²) in [4.78, 5) is 2.41. The summed E-state index contributed by atoms with van der Waals surface area (Å²) in [5.41, 5.74) is 4.19. The number of aryl methyl sites for hydroxylation is 2. The Morgan fingerprint density at radius 1 is 1.11 bits per heavy atom. The summed E-state index contributed by atoms with van der Waals surface area (Å²) in [7, 11) is -2.13. The second kappa shape index (κ2) is 7.63. The largest absolute Gasteiger partial charge is 0.497 e. The molecular weight excluding hydrogens is 364 g/mol. The lowest BCUT2D eigenvalue weighted by Gasteiger charge is -2.06. The van der Waals surface area contributed by atoms with Crippen molar-refractivity contribution in [3.05, 3.63) is 65.4 Å². The first kappa shape index (κ1) is 18.7. The minimum absolute atomic E-state index is 0.172. The zero-order chi connectivity index (χ0) is 19.4. The molecule has 2 N–H and O–H groups in total. The summed E-state index contributed by atoms with van der Waals surface area (Å²) >= 11 is 0. The van der Waals surface area contributed by atoms with Gasteiger partial charge in [-0.25, -0.2) is 4.83 Å². The van der Waals surface area contributed by atoms with Crippen molar-refractivity contribution in [1.82, 2.24) is 15.0 Å². The zero-order valence-electron chi connectivity index (χ0n) is 15.2. The van der Waals surface area contributed by atoms with Gasteiger partial charge in [0, 0.05) is 11.1 Å². The highest BCUT2D eigenvalue weighted by molar-refractivity contribution is 7.89. The number of nitrogens with zero attached hydrogens (tertiary/aromatic N) is 2. The normalized spacial score (nSPS) is 11.7. The minimum Gasteiger partial charge on any atom is -0.497 e. The van der Waals surface area contributed by atoms with Crippen LogP contribution in [0.25, 0.3) is 11.3 Å². The van der Waals surface area contributed by atoms with E-state index in [0.29, 0.717) is 5.56 Å². The maximum absolute atomic E-state index is 12.4. The van der Waals surface area contributed by atoms with E-state index >= 15 is 0 Å². The average Bonchev–Trinajstić information content (AvgIpc) is 3.12. The standard InChI is InChI=1S/C19H20N4O3S/c1-13-4-9-18(10-14(13)2)27(24,25)23-21-12-16-11-20-22-19(16)15-5-7-17(26-3)8-6-15/h4-12,23H,1-3H3,(H,20,22)/b21-12-. The van der Waals surface area contributed by atoms with Gasteiger partial charge in [0.2, 0.25) is 0 Å². The number of sulfonamides is 1. The van der Waals surface area contributed by atoms with Crippen molar-refractivity contribution in [3.8, 4) is 17.0 Å². The van der Waals surface area contributed by atoms with E-state index in [-0.39, 0.29) is 4.90 Å². The van der Waals surface area contributed by atoms with Crippen LogP contribution in [0.5, 0.6) is 5.75 Å². The van der Waals surface area contributed by atoms with E-state index in [4.69, 9.17) is 4.74 Å². The highest BCUT2D eigenvalue weighted by atomic mass is 32.2. The second-order valence-electron chi connectivity index (χ2n) is 6.03. The summed E-state index contributed by atoms with van der Waals surface area (Å²) in [6.07, 6.45) is 3.00. The highest BCUT2D eigenvalue weighted by Gasteiger charge is 2.13. The molecule has 0 fully saturated rings. The maximum Gasteiger partial charge on any atom is 0.276 e. The topological polar surface area (TPSA) is 96.4 Å². The molecule has 27 heavy (non-hydrogen) atoms. The van der Waals surface area contributed by atoms with Crippen LogP contribution in [0.3, 0.4) is 0 Å². The fraction of sp³-hybridized carbons (Fsp3) is 0.158. The van der Waals surface area contributed by atoms with Gasteiger partial charge in [0.1, 0.15) is 5.75 Å². The molecule has 2 aromatic carbocycles. The summed E-state index contributed by atoms with van der Waals surface area (Å²) < 4.78 is 29.9. The first-order chi connectivity index (χ1) is 12.9. The quantitative estimate of drug-likeness (QED) is 0.504. The molecule has 0 saturated heterocycles. The lowest BCUT2D eigenvalue weighted by Crippen LogP contribution is -2.18. The molecule has 0 amide bonds. The van der Waals surface area contributed by atoms with Crippen molar-refractivity contribution in [1.29, 1.82) is 0 Å². The van der Waals surface area contributed by atoms with Crippen molar-refractivity contribution in [2.24, 2.45) is 5.10 Å². The summed E-state index contributed by atoms with van der Waals surface area (Å²) in [5, 5.41) is 10.8. The predicted octanol–water partition coefficient (Wildman–Crippen LogP) is 3.01. The Hall–Kier alpha value is -3.13. The molecule has 140 valence electrons. The molecule has 7 nitrogen and oxygen atoms in total. The molecule has 0 unspecified atom stereocenters. The highest BCUT2D eigenvalue weighted by Crippen LogP contribution is 2.22. The number of nitrogens with one attached hydrogen (secondary N) is 2. The number of benzene rings is 2. The third kappa shape index (κ3) is 4.17. The number of hydrazone groups is 1. The molecular formula is C19H20N4O3S. The first-order valence-electron chi connectivity index (χ1n) is 8.20. The van der Waals surface area contributed by atoms with Crippen LogP contribution in [0.2, 0.25) is 0 Å². The molecule has 0 radical (unpaired) electrons. The molecule has 0 atom stereocenters. The van der Waals surface area contributed by atoms with Crippen molar-refractivity contribution in [2.45, 2.75) is 18.7 Å². The van der Waals surface area contributed by atoms with Crippen LogP contribution in [0.1, 0.15) is 16.7 Å². The number of ether oxygens (including phenoxy) is 1. The lowest BCUT2D eigenvalue weighted by atomic mass is 10.1. The summed E-state index contributed by atoms with van der Waals surface area (Å²) in [5.74, 6) is 0.745. The van der Waals surface area contributed by atoms with Crippen LogP contribution in [-0.2, 0) is 10.0 Å². The number of aromatic nitrogens is 2. The van der Waals surface area contributed by atoms with Crippen molar-refractivity contribution >= 4 is 16.2 Å². The molecule has 1 heterocycles. The van der Waals surface area contributed by atoms with E-state index in [0.717, 1.165) is 28.1 Å². The molecule has 8 heteroatoms. The van der Waals surface area contributed by atoms with Gasteiger partial charge in [-0.05, 0) is 61.4 Å². The fourth-order valence-electron chi connectivity index (χ4n) is 2.48. The Morgan fingerprint density at radius 2 is 1.85 bits per heavy atom. The number of H-pyrrole nitrogens is 1. The minimum atomic E-state index is -3.73. The third-order valence-electron chi connectivity index (χ3n) is 4.21. The SMILES string of the molecule is COc1ccc(-c2[nH]ncc2/C=N\NS(=O)(=O)c2ccc(C)c(C)c2)cc1. The second-order valence-corrected chi connectivity index (χ2v) is 7.69. The van der Waals surface area contributed by atoms with Gasteiger partial charge in [-0.2, -0.15) is 18.6 Å². The lowest BCUT2D eigenvalue weighted by molar-refractivity contribution is 0.415. The maximum atomic E-state index is 12.4. The van der Waals surface area contributed by atoms with Gasteiger partial charge in [0.15, 0.2) is 0 Å². The Balaban J connectivity index is 1.78. The van der Waals surface area contributed by atoms with Crippen LogP contribution in [0.4, 0.5) is 0 Å². The third-order valence-corrected chi connectivity index (χ3v) is 5.43. The Labute approximate surface area is 158 Å². The van der Waals surface area contributed by atoms with Crippen LogP contribution >= 0.6 is 0 Å². The van der Waals surface area contributed by atoms with Gasteiger partial charge in [0.25, 0.3) is 10.0 Å². The first-order valence-corrected chi connectivity index (χ1v) is 9.69. The molecule has 0 spiro atoms. The van der Waals surface area contributed by atoms with Crippen molar-refractivity contribution < 1.29 is 13.2 Å². The number of aromatic amines is 1. The van der Waals surface area contributed by atoms with Gasteiger partial charge in [-0.3, -0.25) is 5.10 Å². The van der Waals surface area contributed by atoms with Crippen molar-refractivity contribution in [3.63, 3.8) is 0 Å². The Kier molecular flexibility index (Phi) is 5.27. The Morgan fingerprint density at radius 3 is 2.52 bits per heavy atom. The molecule has 0 aliphatic rings. The number of hydrogen-bond donors (Lipinski definition) is 2. The summed E-state index contributed by atoms with van der Waals surface area (Å²) in [6, 6.07) is 12.4. The van der Waals surface area contributed by atoms with Gasteiger partial charge >= 0.3 is 0 Å². The molecule has 1 aromatic heterocycles. The Bertz CT molecular complexity index is 1070. The molecule has 3 aromatic rings. The molecule has 0 aliphatic carbocycles. The monoisotopic (exact) mass is 384 g/mol. The van der Waals surface area contributed by atoms with Crippen LogP contribution in [0, 0.1) is 13.8 Å². The van der Waals surface area contributed by atoms with E-state index in [1.54, 1.807) is 31.5 Å². The van der Waals surface area contributed by atoms with Crippen LogP contribution < -0.4 is 9.57 Å². The van der Waals surface area contributed by atoms with E-state index in [2.05, 4.69) is 20.1 Å². The van der Waals surface area contributed by atoms with Gasteiger partial charge in [-0.15, -0.1) is 0 Å². The van der Waals surface area contributed by atoms with E-state index < -0.39 is 10.0 Å². The molecule has 3 rings (SSSR count). The van der Waals surface area contributed by atoms with Crippen LogP contribution in [-0.4, -0.2) is 31.9 Å². The molecule has 0 aliphatic heterocycles. The zero-order valence-corrected chi connectivity index (χ0v) is 16.0. The molecule has 0 saturated carbocycles. The smallest absolute Gasteiger partial charge is 0.276 e. The van der Waals surface area contributed by atoms with E-state index in [1.807, 2.05) is 38.1 Å². The number of hydrogen-bond acceptors (Lipinski definition) is 5. The number of methoxy groups -OCH3 is 1. The van der Waals surface area contributed by atoms with Crippen LogP contribution in [0.15, 0.2) is 58.7 Å². The van der Waals surface area contributed by atoms with Gasteiger partial charge in [-0.1, -0.05) is 6.07 Å². The van der Waals surface area contributed by atoms with E-state index in [1.165, 1.54) is 6.21 Å². The van der Waals surface area contributed by atoms with Gasteiger partial charge in [0.05, 0.1) is 30.1 Å². The fourth-order valence-corrected chi connectivity index (χ4v) is 3.36. The predicted molar refractivity (Wildman–Crippen MR) is 104 cm³/mol.